The second-order valence-electron chi connectivity index (χ2n) is 11.8. The van der Waals surface area contributed by atoms with Crippen molar-refractivity contribution >= 4 is 5.97 Å². The van der Waals surface area contributed by atoms with Crippen molar-refractivity contribution < 1.29 is 23.0 Å². The van der Waals surface area contributed by atoms with Crippen molar-refractivity contribution in [2.75, 3.05) is 13.7 Å². The molecule has 0 aliphatic heterocycles. The standard InChI is InChI=1S/C35H41F2N3O4/c1-7-39-31(38-40(33(39)42)23-24-12-15-28(16-13-24)34(3,4)5)18-19-35(36,37)29-11-9-10-25(21-29)26-14-17-30(44-8-2)27(20-26)22-32(41)43-6/h9-17,20-21H,7-8,18-19,22-23H2,1-6H3. The summed E-state index contributed by atoms with van der Waals surface area (Å²) in [6, 6.07) is 19.5. The fraction of sp³-hybridized carbons (Fsp3) is 0.400. The molecule has 1 heterocycles. The van der Waals surface area contributed by atoms with E-state index >= 15 is 8.78 Å². The minimum absolute atomic E-state index is 0.00350. The number of ether oxygens (including phenoxy) is 2. The van der Waals surface area contributed by atoms with Crippen LogP contribution in [0.15, 0.2) is 71.5 Å². The predicted octanol–water partition coefficient (Wildman–Crippen LogP) is 6.92. The molecule has 7 nitrogen and oxygen atoms in total. The van der Waals surface area contributed by atoms with E-state index in [9.17, 15) is 9.59 Å². The summed E-state index contributed by atoms with van der Waals surface area (Å²) in [6.45, 7) is 11.1. The van der Waals surface area contributed by atoms with Crippen molar-refractivity contribution in [1.82, 2.24) is 14.3 Å². The SMILES string of the molecule is CCOc1ccc(-c2cccc(C(F)(F)CCc3nn(Cc4ccc(C(C)(C)C)cc4)c(=O)n3CC)c2)cc1CC(=O)OC. The maximum Gasteiger partial charge on any atom is 0.346 e. The van der Waals surface area contributed by atoms with E-state index in [-0.39, 0.29) is 36.1 Å². The van der Waals surface area contributed by atoms with Gasteiger partial charge in [-0.15, -0.1) is 0 Å². The van der Waals surface area contributed by atoms with Crippen molar-refractivity contribution in [3.8, 4) is 16.9 Å². The summed E-state index contributed by atoms with van der Waals surface area (Å²) in [7, 11) is 1.31. The Morgan fingerprint density at radius 2 is 1.64 bits per heavy atom. The maximum absolute atomic E-state index is 15.6. The number of hydrogen-bond donors (Lipinski definition) is 0. The summed E-state index contributed by atoms with van der Waals surface area (Å²) < 4.78 is 44.5. The molecule has 1 aromatic heterocycles. The molecule has 0 aliphatic rings. The van der Waals surface area contributed by atoms with Gasteiger partial charge >= 0.3 is 11.7 Å². The first-order chi connectivity index (χ1) is 20.9. The number of rotatable bonds is 12. The van der Waals surface area contributed by atoms with Crippen LogP contribution in [0.5, 0.6) is 5.75 Å². The molecule has 3 aromatic carbocycles. The molecule has 44 heavy (non-hydrogen) atoms. The number of halogens is 2. The Hall–Kier alpha value is -4.27. The number of esters is 1. The number of methoxy groups -OCH3 is 1. The maximum atomic E-state index is 15.6. The van der Waals surface area contributed by atoms with Gasteiger partial charge in [0.05, 0.1) is 26.7 Å². The van der Waals surface area contributed by atoms with Gasteiger partial charge in [0.1, 0.15) is 11.6 Å². The molecule has 0 saturated heterocycles. The van der Waals surface area contributed by atoms with E-state index in [0.717, 1.165) is 5.56 Å². The van der Waals surface area contributed by atoms with Gasteiger partial charge in [-0.25, -0.2) is 18.3 Å². The number of aromatic nitrogens is 3. The molecule has 0 atom stereocenters. The molecule has 0 radical (unpaired) electrons. The Morgan fingerprint density at radius 3 is 2.27 bits per heavy atom. The summed E-state index contributed by atoms with van der Waals surface area (Å²) in [6.07, 6.45) is -0.573. The molecule has 0 aliphatic carbocycles. The summed E-state index contributed by atoms with van der Waals surface area (Å²) in [4.78, 5) is 25.0. The summed E-state index contributed by atoms with van der Waals surface area (Å²) >= 11 is 0. The average molecular weight is 606 g/mol. The van der Waals surface area contributed by atoms with Crippen LogP contribution in [0.4, 0.5) is 8.78 Å². The lowest BCUT2D eigenvalue weighted by Gasteiger charge is -2.19. The van der Waals surface area contributed by atoms with Crippen LogP contribution in [-0.2, 0) is 46.8 Å². The Morgan fingerprint density at radius 1 is 0.932 bits per heavy atom. The lowest BCUT2D eigenvalue weighted by Crippen LogP contribution is -2.25. The van der Waals surface area contributed by atoms with E-state index in [0.29, 0.717) is 41.4 Å². The zero-order chi connectivity index (χ0) is 32.1. The lowest BCUT2D eigenvalue weighted by atomic mass is 9.87. The van der Waals surface area contributed by atoms with Gasteiger partial charge in [-0.2, -0.15) is 5.10 Å². The molecule has 0 amide bonds. The molecular formula is C35H41F2N3O4. The Kier molecular flexibility index (Phi) is 10.1. The molecular weight excluding hydrogens is 564 g/mol. The highest BCUT2D eigenvalue weighted by atomic mass is 19.3. The lowest BCUT2D eigenvalue weighted by molar-refractivity contribution is -0.139. The van der Waals surface area contributed by atoms with Crippen molar-refractivity contribution in [2.45, 2.75) is 78.3 Å². The van der Waals surface area contributed by atoms with Crippen LogP contribution >= 0.6 is 0 Å². The van der Waals surface area contributed by atoms with E-state index in [4.69, 9.17) is 9.47 Å². The molecule has 0 saturated carbocycles. The largest absolute Gasteiger partial charge is 0.494 e. The zero-order valence-electron chi connectivity index (χ0n) is 26.3. The third-order valence-corrected chi connectivity index (χ3v) is 7.67. The number of carbonyl (C=O) groups is 1. The smallest absolute Gasteiger partial charge is 0.346 e. The number of alkyl halides is 2. The molecule has 9 heteroatoms. The number of aryl methyl sites for hydroxylation is 1. The third kappa shape index (κ3) is 7.62. The Balaban J connectivity index is 1.53. The highest BCUT2D eigenvalue weighted by Gasteiger charge is 2.32. The highest BCUT2D eigenvalue weighted by molar-refractivity contribution is 5.75. The summed E-state index contributed by atoms with van der Waals surface area (Å²) in [5, 5.41) is 4.46. The number of benzene rings is 3. The molecule has 0 fully saturated rings. The van der Waals surface area contributed by atoms with Gasteiger partial charge < -0.3 is 9.47 Å². The number of hydrogen-bond acceptors (Lipinski definition) is 5. The van der Waals surface area contributed by atoms with Crippen LogP contribution in [0.1, 0.15) is 69.1 Å². The molecule has 0 unspecified atom stereocenters. The first-order valence-electron chi connectivity index (χ1n) is 14.9. The normalized spacial score (nSPS) is 11.9. The van der Waals surface area contributed by atoms with Gasteiger partial charge in [0.25, 0.3) is 5.92 Å². The molecule has 4 rings (SSSR count). The van der Waals surface area contributed by atoms with Gasteiger partial charge in [-0.1, -0.05) is 69.3 Å². The van der Waals surface area contributed by atoms with Gasteiger partial charge in [-0.05, 0) is 59.7 Å². The molecule has 0 bridgehead atoms. The van der Waals surface area contributed by atoms with Crippen molar-refractivity contribution in [1.29, 1.82) is 0 Å². The van der Waals surface area contributed by atoms with E-state index in [1.807, 2.05) is 38.1 Å². The van der Waals surface area contributed by atoms with Crippen LogP contribution < -0.4 is 10.4 Å². The van der Waals surface area contributed by atoms with Crippen LogP contribution in [0.2, 0.25) is 0 Å². The quantitative estimate of drug-likeness (QED) is 0.164. The highest BCUT2D eigenvalue weighted by Crippen LogP contribution is 2.36. The fourth-order valence-electron chi connectivity index (χ4n) is 5.14. The van der Waals surface area contributed by atoms with Crippen LogP contribution in [0, 0.1) is 0 Å². The van der Waals surface area contributed by atoms with E-state index in [2.05, 4.69) is 25.9 Å². The van der Waals surface area contributed by atoms with Gasteiger partial charge in [0, 0.05) is 30.5 Å². The third-order valence-electron chi connectivity index (χ3n) is 7.67. The minimum Gasteiger partial charge on any atom is -0.494 e. The van der Waals surface area contributed by atoms with Gasteiger partial charge in [-0.3, -0.25) is 9.36 Å². The molecule has 234 valence electrons. The summed E-state index contributed by atoms with van der Waals surface area (Å²) in [5.41, 5.74) is 3.54. The molecule has 4 aromatic rings. The van der Waals surface area contributed by atoms with Crippen LogP contribution in [0.25, 0.3) is 11.1 Å². The van der Waals surface area contributed by atoms with E-state index in [1.54, 1.807) is 30.3 Å². The fourth-order valence-corrected chi connectivity index (χ4v) is 5.14. The summed E-state index contributed by atoms with van der Waals surface area (Å²) in [5.74, 6) is -2.71. The van der Waals surface area contributed by atoms with E-state index in [1.165, 1.54) is 34.1 Å². The molecule has 0 N–H and O–H groups in total. The second-order valence-corrected chi connectivity index (χ2v) is 11.8. The van der Waals surface area contributed by atoms with Crippen molar-refractivity contribution in [3.63, 3.8) is 0 Å². The topological polar surface area (TPSA) is 75.4 Å². The van der Waals surface area contributed by atoms with Crippen molar-refractivity contribution in [3.05, 3.63) is 105 Å². The monoisotopic (exact) mass is 605 g/mol. The van der Waals surface area contributed by atoms with E-state index < -0.39 is 18.3 Å². The van der Waals surface area contributed by atoms with Crippen LogP contribution in [-0.4, -0.2) is 34.0 Å². The zero-order valence-corrected chi connectivity index (χ0v) is 26.3. The van der Waals surface area contributed by atoms with Gasteiger partial charge in [0.15, 0.2) is 0 Å². The van der Waals surface area contributed by atoms with Crippen LogP contribution in [0.3, 0.4) is 0 Å². The Bertz CT molecular complexity index is 1650. The number of nitrogens with zero attached hydrogens (tertiary/aromatic N) is 3. The van der Waals surface area contributed by atoms with Crippen molar-refractivity contribution in [2.24, 2.45) is 0 Å². The molecule has 0 spiro atoms. The number of carbonyl (C=O) groups excluding carboxylic acids is 1. The average Bonchev–Trinajstić information content (AvgIpc) is 3.30. The first-order valence-corrected chi connectivity index (χ1v) is 14.9. The first kappa shape index (κ1) is 32.6. The predicted molar refractivity (Wildman–Crippen MR) is 167 cm³/mol. The minimum atomic E-state index is -3.17. The second kappa shape index (κ2) is 13.6. The Labute approximate surface area is 257 Å². The van der Waals surface area contributed by atoms with Gasteiger partial charge in [0.2, 0.25) is 0 Å².